The smallest absolute Gasteiger partial charge is 0.271 e. The second kappa shape index (κ2) is 7.45. The second-order valence-corrected chi connectivity index (χ2v) is 5.13. The first-order valence-corrected chi connectivity index (χ1v) is 7.18. The van der Waals surface area contributed by atoms with E-state index < -0.39 is 0 Å². The van der Waals surface area contributed by atoms with E-state index in [9.17, 15) is 4.79 Å². The van der Waals surface area contributed by atoms with E-state index in [0.29, 0.717) is 17.1 Å². The summed E-state index contributed by atoms with van der Waals surface area (Å²) in [6.07, 6.45) is 1.63. The number of carbonyl (C=O) groups excluding carboxylic acids is 1. The quantitative estimate of drug-likeness (QED) is 0.682. The van der Waals surface area contributed by atoms with Crippen LogP contribution in [-0.2, 0) is 0 Å². The van der Waals surface area contributed by atoms with E-state index in [-0.39, 0.29) is 5.91 Å². The molecule has 0 fully saturated rings. The highest BCUT2D eigenvalue weighted by molar-refractivity contribution is 5.95. The Morgan fingerprint density at radius 3 is 2.43 bits per heavy atom. The second-order valence-electron chi connectivity index (χ2n) is 5.13. The van der Waals surface area contributed by atoms with Crippen LogP contribution in [0, 0.1) is 13.8 Å². The van der Waals surface area contributed by atoms with Crippen molar-refractivity contribution in [3.63, 3.8) is 0 Å². The Morgan fingerprint density at radius 1 is 1.04 bits per heavy atom. The van der Waals surface area contributed by atoms with Gasteiger partial charge in [-0.15, -0.1) is 0 Å². The number of rotatable bonds is 5. The zero-order chi connectivity index (χ0) is 16.8. The molecule has 5 heteroatoms. The molecule has 2 aromatic carbocycles. The van der Waals surface area contributed by atoms with Gasteiger partial charge in [-0.25, -0.2) is 5.43 Å². The molecule has 120 valence electrons. The van der Waals surface area contributed by atoms with Gasteiger partial charge in [0.2, 0.25) is 0 Å². The lowest BCUT2D eigenvalue weighted by atomic mass is 10.1. The molecule has 2 rings (SSSR count). The van der Waals surface area contributed by atoms with Gasteiger partial charge in [0.1, 0.15) is 0 Å². The summed E-state index contributed by atoms with van der Waals surface area (Å²) in [7, 11) is 3.07. The molecule has 0 aliphatic carbocycles. The third-order valence-electron chi connectivity index (χ3n) is 3.44. The zero-order valence-corrected chi connectivity index (χ0v) is 13.7. The van der Waals surface area contributed by atoms with Crippen LogP contribution in [0.3, 0.4) is 0 Å². The molecular weight excluding hydrogens is 292 g/mol. The normalized spacial score (nSPS) is 10.6. The minimum atomic E-state index is -0.313. The van der Waals surface area contributed by atoms with Gasteiger partial charge in [0.05, 0.1) is 20.4 Å². The average Bonchev–Trinajstić information content (AvgIpc) is 2.56. The summed E-state index contributed by atoms with van der Waals surface area (Å²) in [6.45, 7) is 4.04. The van der Waals surface area contributed by atoms with Crippen molar-refractivity contribution in [1.82, 2.24) is 5.43 Å². The van der Waals surface area contributed by atoms with E-state index in [1.807, 2.05) is 26.0 Å². The molecule has 0 aliphatic rings. The first-order chi connectivity index (χ1) is 11.0. The van der Waals surface area contributed by atoms with Crippen molar-refractivity contribution >= 4 is 12.1 Å². The highest BCUT2D eigenvalue weighted by atomic mass is 16.5. The van der Waals surface area contributed by atoms with Crippen molar-refractivity contribution in [2.45, 2.75) is 13.8 Å². The molecule has 23 heavy (non-hydrogen) atoms. The van der Waals surface area contributed by atoms with Crippen LogP contribution in [0.4, 0.5) is 0 Å². The Balaban J connectivity index is 2.08. The van der Waals surface area contributed by atoms with Crippen LogP contribution >= 0.6 is 0 Å². The minimum Gasteiger partial charge on any atom is -0.493 e. The molecule has 0 radical (unpaired) electrons. The molecule has 0 bridgehead atoms. The van der Waals surface area contributed by atoms with Crippen molar-refractivity contribution in [2.75, 3.05) is 14.2 Å². The van der Waals surface area contributed by atoms with Crippen LogP contribution in [0.1, 0.15) is 27.0 Å². The fraction of sp³-hybridized carbons (Fsp3) is 0.222. The lowest BCUT2D eigenvalue weighted by molar-refractivity contribution is 0.0954. The number of ether oxygens (including phenoxy) is 2. The number of carbonyl (C=O) groups is 1. The van der Waals surface area contributed by atoms with E-state index in [4.69, 9.17) is 9.47 Å². The Morgan fingerprint density at radius 2 is 1.78 bits per heavy atom. The van der Waals surface area contributed by atoms with E-state index >= 15 is 0 Å². The standard InChI is InChI=1S/C18H20N2O3/c1-12-5-6-15(13(2)9-12)11-19-20-18(21)14-7-8-16(22-3)17(10-14)23-4/h5-11H,1-4H3,(H,20,21)/b19-11-. The first-order valence-electron chi connectivity index (χ1n) is 7.18. The molecule has 5 nitrogen and oxygen atoms in total. The lowest BCUT2D eigenvalue weighted by Crippen LogP contribution is -2.17. The molecule has 0 heterocycles. The van der Waals surface area contributed by atoms with Gasteiger partial charge in [0.15, 0.2) is 11.5 Å². The van der Waals surface area contributed by atoms with Gasteiger partial charge in [-0.3, -0.25) is 4.79 Å². The van der Waals surface area contributed by atoms with Crippen LogP contribution < -0.4 is 14.9 Å². The van der Waals surface area contributed by atoms with Gasteiger partial charge < -0.3 is 9.47 Å². The van der Waals surface area contributed by atoms with Gasteiger partial charge in [-0.05, 0) is 43.2 Å². The number of hydrogen-bond donors (Lipinski definition) is 1. The topological polar surface area (TPSA) is 59.9 Å². The molecule has 0 aromatic heterocycles. The maximum atomic E-state index is 12.1. The molecule has 0 unspecified atom stereocenters. The summed E-state index contributed by atoms with van der Waals surface area (Å²) in [5.41, 5.74) is 6.21. The lowest BCUT2D eigenvalue weighted by Gasteiger charge is -2.08. The average molecular weight is 312 g/mol. The molecule has 1 amide bonds. The monoisotopic (exact) mass is 312 g/mol. The first kappa shape index (κ1) is 16.5. The fourth-order valence-corrected chi connectivity index (χ4v) is 2.17. The minimum absolute atomic E-state index is 0.313. The molecule has 0 spiro atoms. The zero-order valence-electron chi connectivity index (χ0n) is 13.7. The number of amides is 1. The SMILES string of the molecule is COc1ccc(C(=O)N/N=C\c2ccc(C)cc2C)cc1OC. The van der Waals surface area contributed by atoms with Crippen LogP contribution in [0.2, 0.25) is 0 Å². The number of nitrogens with one attached hydrogen (secondary N) is 1. The number of nitrogens with zero attached hydrogens (tertiary/aromatic N) is 1. The predicted molar refractivity (Wildman–Crippen MR) is 90.5 cm³/mol. The highest BCUT2D eigenvalue weighted by Crippen LogP contribution is 2.27. The van der Waals surface area contributed by atoms with E-state index in [0.717, 1.165) is 11.1 Å². The summed E-state index contributed by atoms with van der Waals surface area (Å²) >= 11 is 0. The van der Waals surface area contributed by atoms with Gasteiger partial charge in [0.25, 0.3) is 5.91 Å². The number of hydrogen-bond acceptors (Lipinski definition) is 4. The Hall–Kier alpha value is -2.82. The number of hydrazone groups is 1. The maximum absolute atomic E-state index is 12.1. The Labute approximate surface area is 135 Å². The molecule has 0 aliphatic heterocycles. The Kier molecular flexibility index (Phi) is 5.36. The van der Waals surface area contributed by atoms with Gasteiger partial charge in [-0.2, -0.15) is 5.10 Å². The summed E-state index contributed by atoms with van der Waals surface area (Å²) in [5, 5.41) is 4.01. The molecule has 0 atom stereocenters. The number of methoxy groups -OCH3 is 2. The van der Waals surface area contributed by atoms with E-state index in [2.05, 4.69) is 16.6 Å². The van der Waals surface area contributed by atoms with Crippen molar-refractivity contribution in [3.05, 3.63) is 58.7 Å². The van der Waals surface area contributed by atoms with Crippen LogP contribution in [0.15, 0.2) is 41.5 Å². The van der Waals surface area contributed by atoms with Crippen molar-refractivity contribution in [3.8, 4) is 11.5 Å². The van der Waals surface area contributed by atoms with Crippen molar-refractivity contribution in [2.24, 2.45) is 5.10 Å². The van der Waals surface area contributed by atoms with Crippen LogP contribution in [-0.4, -0.2) is 26.3 Å². The predicted octanol–water partition coefficient (Wildman–Crippen LogP) is 3.08. The van der Waals surface area contributed by atoms with E-state index in [1.54, 1.807) is 31.5 Å². The summed E-state index contributed by atoms with van der Waals surface area (Å²) in [4.78, 5) is 12.1. The highest BCUT2D eigenvalue weighted by Gasteiger charge is 2.09. The summed E-state index contributed by atoms with van der Waals surface area (Å²) < 4.78 is 10.3. The summed E-state index contributed by atoms with van der Waals surface area (Å²) in [6, 6.07) is 11.0. The van der Waals surface area contributed by atoms with Gasteiger partial charge in [0, 0.05) is 5.56 Å². The largest absolute Gasteiger partial charge is 0.493 e. The number of aryl methyl sites for hydroxylation is 2. The van der Waals surface area contributed by atoms with Gasteiger partial charge >= 0.3 is 0 Å². The maximum Gasteiger partial charge on any atom is 0.271 e. The third kappa shape index (κ3) is 4.10. The molecule has 0 saturated carbocycles. The van der Waals surface area contributed by atoms with Crippen molar-refractivity contribution in [1.29, 1.82) is 0 Å². The van der Waals surface area contributed by atoms with Crippen LogP contribution in [0.25, 0.3) is 0 Å². The van der Waals surface area contributed by atoms with E-state index in [1.165, 1.54) is 12.7 Å². The third-order valence-corrected chi connectivity index (χ3v) is 3.44. The van der Waals surface area contributed by atoms with Crippen molar-refractivity contribution < 1.29 is 14.3 Å². The molecular formula is C18H20N2O3. The fourth-order valence-electron chi connectivity index (χ4n) is 2.17. The summed E-state index contributed by atoms with van der Waals surface area (Å²) in [5.74, 6) is 0.758. The molecule has 0 saturated heterocycles. The number of benzene rings is 2. The van der Waals surface area contributed by atoms with Crippen LogP contribution in [0.5, 0.6) is 11.5 Å². The Bertz CT molecular complexity index is 739. The molecule has 2 aromatic rings. The molecule has 1 N–H and O–H groups in total. The van der Waals surface area contributed by atoms with Gasteiger partial charge in [-0.1, -0.05) is 23.8 Å².